The molecule has 0 bridgehead atoms. The number of nitrogens with zero attached hydrogens (tertiary/aromatic N) is 3. The molecule has 0 radical (unpaired) electrons. The minimum Gasteiger partial charge on any atom is -0.296 e. The highest BCUT2D eigenvalue weighted by atomic mass is 32.1. The molecular weight excluding hydrogens is 348 g/mol. The lowest BCUT2D eigenvalue weighted by atomic mass is 10.1. The van der Waals surface area contributed by atoms with Gasteiger partial charge in [-0.05, 0) is 19.4 Å². The number of carbonyl (C=O) groups is 1. The second kappa shape index (κ2) is 8.23. The molecule has 1 aromatic carbocycles. The van der Waals surface area contributed by atoms with Crippen molar-refractivity contribution in [3.63, 3.8) is 0 Å². The van der Waals surface area contributed by atoms with Crippen LogP contribution in [-0.2, 0) is 6.54 Å². The summed E-state index contributed by atoms with van der Waals surface area (Å²) in [6, 6.07) is 7.11. The zero-order valence-electron chi connectivity index (χ0n) is 15.0. The van der Waals surface area contributed by atoms with Gasteiger partial charge in [-0.3, -0.25) is 14.9 Å². The van der Waals surface area contributed by atoms with E-state index in [-0.39, 0.29) is 17.2 Å². The number of rotatable bonds is 7. The number of thiazole rings is 1. The van der Waals surface area contributed by atoms with Gasteiger partial charge in [0.25, 0.3) is 11.5 Å². The molecule has 2 aromatic heterocycles. The van der Waals surface area contributed by atoms with Crippen LogP contribution < -0.4 is 10.9 Å². The van der Waals surface area contributed by atoms with E-state index in [9.17, 15) is 9.59 Å². The molecule has 3 rings (SSSR count). The van der Waals surface area contributed by atoms with Crippen LogP contribution in [-0.4, -0.2) is 20.7 Å². The normalized spacial score (nSPS) is 11.0. The lowest BCUT2D eigenvalue weighted by Gasteiger charge is -2.10. The third-order valence-electron chi connectivity index (χ3n) is 4.15. The Morgan fingerprint density at radius 3 is 2.65 bits per heavy atom. The Labute approximate surface area is 155 Å². The largest absolute Gasteiger partial charge is 0.296 e. The monoisotopic (exact) mass is 370 g/mol. The van der Waals surface area contributed by atoms with Gasteiger partial charge >= 0.3 is 0 Å². The fraction of sp³-hybridized carbons (Fsp3) is 0.368. The van der Waals surface area contributed by atoms with E-state index in [1.807, 2.05) is 6.92 Å². The van der Waals surface area contributed by atoms with Crippen LogP contribution in [0.25, 0.3) is 10.8 Å². The Balaban J connectivity index is 1.95. The van der Waals surface area contributed by atoms with Crippen molar-refractivity contribution in [3.05, 3.63) is 51.4 Å². The predicted molar refractivity (Wildman–Crippen MR) is 105 cm³/mol. The van der Waals surface area contributed by atoms with E-state index in [2.05, 4.69) is 22.3 Å². The molecule has 7 heteroatoms. The molecule has 0 saturated carbocycles. The van der Waals surface area contributed by atoms with Crippen LogP contribution in [0.1, 0.15) is 48.0 Å². The van der Waals surface area contributed by atoms with E-state index < -0.39 is 0 Å². The second-order valence-electron chi connectivity index (χ2n) is 6.21. The van der Waals surface area contributed by atoms with Gasteiger partial charge in [0, 0.05) is 23.0 Å². The van der Waals surface area contributed by atoms with Crippen LogP contribution in [0, 0.1) is 6.92 Å². The van der Waals surface area contributed by atoms with E-state index in [1.165, 1.54) is 16.0 Å². The summed E-state index contributed by atoms with van der Waals surface area (Å²) in [5, 5.41) is 8.76. The third kappa shape index (κ3) is 3.99. The molecule has 3 aromatic rings. The van der Waals surface area contributed by atoms with Crippen molar-refractivity contribution in [2.75, 3.05) is 5.32 Å². The Bertz CT molecular complexity index is 977. The number of hydrogen-bond acceptors (Lipinski definition) is 5. The average molecular weight is 370 g/mol. The van der Waals surface area contributed by atoms with Gasteiger partial charge in [0.15, 0.2) is 10.8 Å². The predicted octanol–water partition coefficient (Wildman–Crippen LogP) is 3.99. The summed E-state index contributed by atoms with van der Waals surface area (Å²) in [6.45, 7) is 4.58. The summed E-state index contributed by atoms with van der Waals surface area (Å²) in [4.78, 5) is 30.6. The number of unbranched alkanes of at least 4 members (excludes halogenated alkanes) is 3. The SMILES string of the molecule is CCCCCCn1nc(C(=O)Nc2ncc(C)s2)c2ccccc2c1=O. The van der Waals surface area contributed by atoms with Gasteiger partial charge in [0.2, 0.25) is 0 Å². The van der Waals surface area contributed by atoms with Crippen molar-refractivity contribution in [2.24, 2.45) is 0 Å². The summed E-state index contributed by atoms with van der Waals surface area (Å²) in [6.07, 6.45) is 5.86. The number of aryl methyl sites for hydroxylation is 2. The van der Waals surface area contributed by atoms with Crippen molar-refractivity contribution in [2.45, 2.75) is 46.1 Å². The second-order valence-corrected chi connectivity index (χ2v) is 7.45. The summed E-state index contributed by atoms with van der Waals surface area (Å²) >= 11 is 1.40. The number of carbonyl (C=O) groups excluding carboxylic acids is 1. The minimum atomic E-state index is -0.349. The first-order chi connectivity index (χ1) is 12.6. The van der Waals surface area contributed by atoms with Crippen molar-refractivity contribution >= 4 is 33.1 Å². The Hall–Kier alpha value is -2.54. The number of benzene rings is 1. The highest BCUT2D eigenvalue weighted by Gasteiger charge is 2.17. The summed E-state index contributed by atoms with van der Waals surface area (Å²) in [5.74, 6) is -0.349. The number of hydrogen-bond donors (Lipinski definition) is 1. The van der Waals surface area contributed by atoms with Crippen LogP contribution in [0.5, 0.6) is 0 Å². The maximum atomic E-state index is 12.8. The average Bonchev–Trinajstić information content (AvgIpc) is 3.05. The number of aromatic nitrogens is 3. The fourth-order valence-electron chi connectivity index (χ4n) is 2.81. The van der Waals surface area contributed by atoms with E-state index in [0.717, 1.165) is 30.6 Å². The highest BCUT2D eigenvalue weighted by molar-refractivity contribution is 7.15. The summed E-state index contributed by atoms with van der Waals surface area (Å²) in [5.41, 5.74) is 0.0993. The van der Waals surface area contributed by atoms with Gasteiger partial charge in [-0.15, -0.1) is 11.3 Å². The van der Waals surface area contributed by atoms with E-state index in [0.29, 0.717) is 22.4 Å². The zero-order chi connectivity index (χ0) is 18.5. The first-order valence-corrected chi connectivity index (χ1v) is 9.65. The van der Waals surface area contributed by atoms with Gasteiger partial charge in [0.05, 0.1) is 5.39 Å². The first-order valence-electron chi connectivity index (χ1n) is 8.83. The number of fused-ring (bicyclic) bond motifs is 1. The van der Waals surface area contributed by atoms with E-state index in [1.54, 1.807) is 30.5 Å². The van der Waals surface area contributed by atoms with Gasteiger partial charge in [-0.25, -0.2) is 9.67 Å². The lowest BCUT2D eigenvalue weighted by Crippen LogP contribution is -2.27. The molecule has 0 spiro atoms. The van der Waals surface area contributed by atoms with Crippen LogP contribution in [0.3, 0.4) is 0 Å². The van der Waals surface area contributed by atoms with E-state index in [4.69, 9.17) is 0 Å². The smallest absolute Gasteiger partial charge is 0.278 e. The topological polar surface area (TPSA) is 76.9 Å². The van der Waals surface area contributed by atoms with Crippen molar-refractivity contribution < 1.29 is 4.79 Å². The maximum absolute atomic E-state index is 12.8. The van der Waals surface area contributed by atoms with Gasteiger partial charge in [-0.1, -0.05) is 44.4 Å². The molecule has 26 heavy (non-hydrogen) atoms. The van der Waals surface area contributed by atoms with Crippen molar-refractivity contribution in [3.8, 4) is 0 Å². The molecule has 0 aliphatic carbocycles. The number of anilines is 1. The molecule has 136 valence electrons. The molecule has 2 heterocycles. The molecule has 0 aliphatic heterocycles. The minimum absolute atomic E-state index is 0.154. The number of nitrogens with one attached hydrogen (secondary N) is 1. The van der Waals surface area contributed by atoms with Gasteiger partial charge in [0.1, 0.15) is 0 Å². The maximum Gasteiger partial charge on any atom is 0.278 e. The Morgan fingerprint density at radius 1 is 1.19 bits per heavy atom. The summed E-state index contributed by atoms with van der Waals surface area (Å²) < 4.78 is 1.42. The molecular formula is C19H22N4O2S. The molecule has 1 amide bonds. The number of amides is 1. The third-order valence-corrected chi connectivity index (χ3v) is 4.98. The van der Waals surface area contributed by atoms with Gasteiger partial charge < -0.3 is 0 Å². The molecule has 6 nitrogen and oxygen atoms in total. The lowest BCUT2D eigenvalue weighted by molar-refractivity contribution is 0.102. The van der Waals surface area contributed by atoms with Crippen molar-refractivity contribution in [1.29, 1.82) is 0 Å². The van der Waals surface area contributed by atoms with E-state index >= 15 is 0 Å². The molecule has 0 saturated heterocycles. The van der Waals surface area contributed by atoms with Crippen LogP contribution >= 0.6 is 11.3 Å². The van der Waals surface area contributed by atoms with Crippen LogP contribution in [0.2, 0.25) is 0 Å². The quantitative estimate of drug-likeness (QED) is 0.638. The highest BCUT2D eigenvalue weighted by Crippen LogP contribution is 2.19. The molecule has 1 N–H and O–H groups in total. The Kier molecular flexibility index (Phi) is 5.78. The molecule has 0 fully saturated rings. The van der Waals surface area contributed by atoms with Crippen molar-refractivity contribution in [1.82, 2.24) is 14.8 Å². The first kappa shape index (κ1) is 18.3. The van der Waals surface area contributed by atoms with Crippen LogP contribution in [0.4, 0.5) is 5.13 Å². The molecule has 0 aliphatic rings. The molecule has 0 unspecified atom stereocenters. The zero-order valence-corrected chi connectivity index (χ0v) is 15.8. The Morgan fingerprint density at radius 2 is 1.96 bits per heavy atom. The van der Waals surface area contributed by atoms with Crippen LogP contribution in [0.15, 0.2) is 35.3 Å². The standard InChI is InChI=1S/C19H22N4O2S/c1-3-4-5-8-11-23-18(25)15-10-7-6-9-14(15)16(22-23)17(24)21-19-20-12-13(2)26-19/h6-7,9-10,12H,3-5,8,11H2,1-2H3,(H,20,21,24). The molecule has 0 atom stereocenters. The van der Waals surface area contributed by atoms with Gasteiger partial charge in [-0.2, -0.15) is 5.10 Å². The fourth-order valence-corrected chi connectivity index (χ4v) is 3.47. The summed E-state index contributed by atoms with van der Waals surface area (Å²) in [7, 11) is 0.